The molecule has 10 heteroatoms. The zero-order valence-corrected chi connectivity index (χ0v) is 20.0. The lowest BCUT2D eigenvalue weighted by atomic mass is 9.99. The second-order valence-electron chi connectivity index (χ2n) is 8.66. The van der Waals surface area contributed by atoms with Gasteiger partial charge in [0.2, 0.25) is 0 Å². The number of carbonyl (C=O) groups excluding carboxylic acids is 1. The summed E-state index contributed by atoms with van der Waals surface area (Å²) in [6.07, 6.45) is -0.220. The maximum Gasteiger partial charge on any atom is 0.261 e. The van der Waals surface area contributed by atoms with Gasteiger partial charge in [-0.05, 0) is 63.5 Å². The molecule has 0 unspecified atom stereocenters. The average Bonchev–Trinajstić information content (AvgIpc) is 2.76. The monoisotopic (exact) mass is 479 g/mol. The fraction of sp³-hybridized carbons (Fsp3) is 0.435. The Hall–Kier alpha value is -2.69. The highest BCUT2D eigenvalue weighted by Gasteiger charge is 2.33. The van der Waals surface area contributed by atoms with Crippen molar-refractivity contribution in [2.75, 3.05) is 38.5 Å². The molecule has 0 saturated carbocycles. The second-order valence-corrected chi connectivity index (χ2v) is 10.3. The number of nitrogens with one attached hydrogen (secondary N) is 1. The quantitative estimate of drug-likeness (QED) is 0.633. The molecule has 0 bridgehead atoms. The molecule has 33 heavy (non-hydrogen) atoms. The first-order valence-corrected chi connectivity index (χ1v) is 12.2. The number of hydrogen-bond acceptors (Lipinski definition) is 6. The van der Waals surface area contributed by atoms with Crippen LogP contribution in [0.2, 0.25) is 0 Å². The second kappa shape index (κ2) is 10.1. The maximum atomic E-state index is 13.4. The van der Waals surface area contributed by atoms with Crippen molar-refractivity contribution < 1.29 is 27.4 Å². The number of aliphatic hydroxyl groups is 1. The van der Waals surface area contributed by atoms with E-state index in [9.17, 15) is 22.7 Å². The van der Waals surface area contributed by atoms with Crippen molar-refractivity contribution >= 4 is 21.6 Å². The molecule has 0 spiro atoms. The standard InChI is InChI=1S/C23H30FN3O5S/c1-15-12-27(16(2)14-28)23(29)20-11-18(7-10-21(20)32-22(15)13-26(3)4)25-33(30,31)19-8-5-17(24)6-9-19/h5-11,15-16,22,25,28H,12-14H2,1-4H3/t15-,16+,22-/m1/s1. The van der Waals surface area contributed by atoms with Crippen LogP contribution in [0.1, 0.15) is 24.2 Å². The van der Waals surface area contributed by atoms with Crippen molar-refractivity contribution in [3.63, 3.8) is 0 Å². The molecule has 0 aliphatic carbocycles. The smallest absolute Gasteiger partial charge is 0.261 e. The Morgan fingerprint density at radius 1 is 1.24 bits per heavy atom. The van der Waals surface area contributed by atoms with Gasteiger partial charge in [0.05, 0.1) is 23.1 Å². The predicted octanol–water partition coefficient (Wildman–Crippen LogP) is 2.41. The van der Waals surface area contributed by atoms with Gasteiger partial charge < -0.3 is 19.6 Å². The fourth-order valence-corrected chi connectivity index (χ4v) is 4.74. The van der Waals surface area contributed by atoms with Crippen molar-refractivity contribution in [2.24, 2.45) is 5.92 Å². The summed E-state index contributed by atoms with van der Waals surface area (Å²) < 4.78 is 47.3. The van der Waals surface area contributed by atoms with E-state index in [4.69, 9.17) is 4.74 Å². The van der Waals surface area contributed by atoms with Crippen LogP contribution in [0.5, 0.6) is 5.75 Å². The van der Waals surface area contributed by atoms with Gasteiger partial charge in [-0.25, -0.2) is 12.8 Å². The van der Waals surface area contributed by atoms with Crippen molar-refractivity contribution in [3.8, 4) is 5.75 Å². The highest BCUT2D eigenvalue weighted by Crippen LogP contribution is 2.31. The molecule has 3 atom stereocenters. The van der Waals surface area contributed by atoms with E-state index >= 15 is 0 Å². The normalized spacial score (nSPS) is 20.0. The third-order valence-electron chi connectivity index (χ3n) is 5.59. The van der Waals surface area contributed by atoms with E-state index in [1.54, 1.807) is 17.9 Å². The molecule has 1 heterocycles. The number of carbonyl (C=O) groups is 1. The van der Waals surface area contributed by atoms with Gasteiger partial charge in [-0.1, -0.05) is 6.92 Å². The highest BCUT2D eigenvalue weighted by molar-refractivity contribution is 7.92. The third-order valence-corrected chi connectivity index (χ3v) is 6.98. The first-order valence-electron chi connectivity index (χ1n) is 10.7. The van der Waals surface area contributed by atoms with Gasteiger partial charge in [-0.2, -0.15) is 0 Å². The Kier molecular flexibility index (Phi) is 7.61. The molecule has 180 valence electrons. The van der Waals surface area contributed by atoms with Crippen LogP contribution in [0.3, 0.4) is 0 Å². The van der Waals surface area contributed by atoms with Crippen LogP contribution in [0.4, 0.5) is 10.1 Å². The van der Waals surface area contributed by atoms with Crippen molar-refractivity contribution in [2.45, 2.75) is 30.9 Å². The van der Waals surface area contributed by atoms with Gasteiger partial charge in [0, 0.05) is 24.7 Å². The lowest BCUT2D eigenvalue weighted by molar-refractivity contribution is 0.0363. The molecule has 2 N–H and O–H groups in total. The summed E-state index contributed by atoms with van der Waals surface area (Å²) in [7, 11) is -0.124. The zero-order valence-electron chi connectivity index (χ0n) is 19.2. The minimum Gasteiger partial charge on any atom is -0.488 e. The van der Waals surface area contributed by atoms with E-state index in [0.717, 1.165) is 24.3 Å². The van der Waals surface area contributed by atoms with E-state index in [0.29, 0.717) is 18.8 Å². The average molecular weight is 480 g/mol. The number of hydrogen-bond donors (Lipinski definition) is 2. The summed E-state index contributed by atoms with van der Waals surface area (Å²) in [6.45, 7) is 4.55. The SMILES string of the molecule is C[C@@H]1CN([C@@H](C)CO)C(=O)c2cc(NS(=O)(=O)c3ccc(F)cc3)ccc2O[C@@H]1CN(C)C. The third kappa shape index (κ3) is 5.82. The van der Waals surface area contributed by atoms with Crippen LogP contribution >= 0.6 is 0 Å². The Morgan fingerprint density at radius 2 is 1.91 bits per heavy atom. The number of rotatable bonds is 7. The molecular formula is C23H30FN3O5S. The molecule has 8 nitrogen and oxygen atoms in total. The molecule has 0 fully saturated rings. The molecule has 3 rings (SSSR count). The lowest BCUT2D eigenvalue weighted by Crippen LogP contribution is -2.49. The van der Waals surface area contributed by atoms with Gasteiger partial charge in [0.1, 0.15) is 17.7 Å². The maximum absolute atomic E-state index is 13.4. The Bertz CT molecular complexity index is 1090. The van der Waals surface area contributed by atoms with Gasteiger partial charge in [0.25, 0.3) is 15.9 Å². The largest absolute Gasteiger partial charge is 0.488 e. The molecule has 0 saturated heterocycles. The molecule has 0 aromatic heterocycles. The van der Waals surface area contributed by atoms with E-state index in [1.807, 2.05) is 25.9 Å². The number of ether oxygens (including phenoxy) is 1. The molecule has 1 amide bonds. The van der Waals surface area contributed by atoms with Crippen molar-refractivity contribution in [3.05, 3.63) is 53.8 Å². The van der Waals surface area contributed by atoms with E-state index < -0.39 is 21.9 Å². The fourth-order valence-electron chi connectivity index (χ4n) is 3.69. The van der Waals surface area contributed by atoms with Crippen LogP contribution in [0, 0.1) is 11.7 Å². The van der Waals surface area contributed by atoms with E-state index in [2.05, 4.69) is 4.72 Å². The zero-order chi connectivity index (χ0) is 24.3. The minimum absolute atomic E-state index is 0.00449. The first kappa shape index (κ1) is 24.9. The van der Waals surface area contributed by atoms with Crippen LogP contribution < -0.4 is 9.46 Å². The molecule has 2 aromatic carbocycles. The van der Waals surface area contributed by atoms with Crippen molar-refractivity contribution in [1.29, 1.82) is 0 Å². The summed E-state index contributed by atoms with van der Waals surface area (Å²) in [6, 6.07) is 8.54. The van der Waals surface area contributed by atoms with Crippen LogP contribution in [0.15, 0.2) is 47.4 Å². The predicted molar refractivity (Wildman–Crippen MR) is 123 cm³/mol. The van der Waals surface area contributed by atoms with Crippen LogP contribution in [-0.4, -0.2) is 75.2 Å². The lowest BCUT2D eigenvalue weighted by Gasteiger charge is -2.37. The Morgan fingerprint density at radius 3 is 2.52 bits per heavy atom. The highest BCUT2D eigenvalue weighted by atomic mass is 32.2. The van der Waals surface area contributed by atoms with E-state index in [1.165, 1.54) is 12.1 Å². The number of aliphatic hydroxyl groups excluding tert-OH is 1. The molecule has 1 aliphatic rings. The summed E-state index contributed by atoms with van der Waals surface area (Å²) in [5.41, 5.74) is 0.370. The number of anilines is 1. The molecule has 2 aromatic rings. The summed E-state index contributed by atoms with van der Waals surface area (Å²) in [4.78, 5) is 16.9. The molecular weight excluding hydrogens is 449 g/mol. The number of halogens is 1. The summed E-state index contributed by atoms with van der Waals surface area (Å²) >= 11 is 0. The number of fused-ring (bicyclic) bond motifs is 1. The number of amides is 1. The molecule has 0 radical (unpaired) electrons. The van der Waals surface area contributed by atoms with Crippen LogP contribution in [-0.2, 0) is 10.0 Å². The van der Waals surface area contributed by atoms with Crippen molar-refractivity contribution in [1.82, 2.24) is 9.80 Å². The molecule has 1 aliphatic heterocycles. The van der Waals surface area contributed by atoms with E-state index in [-0.39, 0.29) is 40.7 Å². The topological polar surface area (TPSA) is 99.2 Å². The van der Waals surface area contributed by atoms with Crippen LogP contribution in [0.25, 0.3) is 0 Å². The van der Waals surface area contributed by atoms with Gasteiger partial charge in [-0.3, -0.25) is 9.52 Å². The first-order chi connectivity index (χ1) is 15.5. The summed E-state index contributed by atoms with van der Waals surface area (Å²) in [5, 5.41) is 9.71. The van der Waals surface area contributed by atoms with Gasteiger partial charge in [0.15, 0.2) is 0 Å². The Balaban J connectivity index is 2.00. The number of likely N-dealkylation sites (N-methyl/N-ethyl adjacent to an activating group) is 1. The summed E-state index contributed by atoms with van der Waals surface area (Å²) in [5.74, 6) is -0.560. The van der Waals surface area contributed by atoms with Gasteiger partial charge >= 0.3 is 0 Å². The number of nitrogens with zero attached hydrogens (tertiary/aromatic N) is 2. The number of benzene rings is 2. The minimum atomic E-state index is -3.99. The Labute approximate surface area is 194 Å². The number of sulfonamides is 1. The van der Waals surface area contributed by atoms with Gasteiger partial charge in [-0.15, -0.1) is 0 Å².